The average molecular weight is 334 g/mol. The third-order valence-electron chi connectivity index (χ3n) is 4.47. The summed E-state index contributed by atoms with van der Waals surface area (Å²) in [5.74, 6) is 0. The molecule has 0 aromatic heterocycles. The summed E-state index contributed by atoms with van der Waals surface area (Å²) in [6.45, 7) is 2.89. The van der Waals surface area contributed by atoms with Gasteiger partial charge in [-0.1, -0.05) is 42.5 Å². The molecule has 1 fully saturated rings. The summed E-state index contributed by atoms with van der Waals surface area (Å²) in [4.78, 5) is 14.6. The minimum absolute atomic E-state index is 0.168. The van der Waals surface area contributed by atoms with Crippen molar-refractivity contribution in [3.8, 4) is 6.07 Å². The fourth-order valence-corrected chi connectivity index (χ4v) is 3.11. The van der Waals surface area contributed by atoms with Gasteiger partial charge < -0.3 is 10.6 Å². The number of anilines is 1. The molecular formula is C20H22N4O. The Balaban J connectivity index is 1.46. The van der Waals surface area contributed by atoms with Gasteiger partial charge in [-0.15, -0.1) is 0 Å². The number of likely N-dealkylation sites (tertiary alicyclic amines) is 1. The number of nitrogens with one attached hydrogen (secondary N) is 2. The molecule has 1 aliphatic heterocycles. The van der Waals surface area contributed by atoms with Crippen molar-refractivity contribution in [3.63, 3.8) is 0 Å². The van der Waals surface area contributed by atoms with Gasteiger partial charge in [0, 0.05) is 25.7 Å². The van der Waals surface area contributed by atoms with E-state index in [1.165, 1.54) is 5.56 Å². The van der Waals surface area contributed by atoms with Gasteiger partial charge in [-0.25, -0.2) is 4.79 Å². The second kappa shape index (κ2) is 8.32. The van der Waals surface area contributed by atoms with E-state index in [4.69, 9.17) is 5.26 Å². The lowest BCUT2D eigenvalue weighted by Gasteiger charge is -2.32. The van der Waals surface area contributed by atoms with Gasteiger partial charge in [-0.05, 0) is 30.5 Å². The highest BCUT2D eigenvalue weighted by molar-refractivity contribution is 5.90. The van der Waals surface area contributed by atoms with Crippen LogP contribution in [0.15, 0.2) is 54.6 Å². The molecule has 3 rings (SSSR count). The number of para-hydroxylation sites is 1. The molecule has 2 amide bonds. The smallest absolute Gasteiger partial charge is 0.319 e. The van der Waals surface area contributed by atoms with Gasteiger partial charge in [0.25, 0.3) is 0 Å². The third-order valence-corrected chi connectivity index (χ3v) is 4.47. The van der Waals surface area contributed by atoms with Gasteiger partial charge in [0.15, 0.2) is 0 Å². The highest BCUT2D eigenvalue weighted by Gasteiger charge is 2.21. The number of hydrogen-bond acceptors (Lipinski definition) is 3. The number of nitrogens with zero attached hydrogens (tertiary/aromatic N) is 2. The van der Waals surface area contributed by atoms with E-state index in [1.807, 2.05) is 6.07 Å². The van der Waals surface area contributed by atoms with E-state index in [9.17, 15) is 4.79 Å². The Morgan fingerprint density at radius 2 is 1.76 bits per heavy atom. The number of piperidine rings is 1. The number of benzene rings is 2. The number of carbonyl (C=O) groups is 1. The Morgan fingerprint density at radius 3 is 2.48 bits per heavy atom. The van der Waals surface area contributed by atoms with Gasteiger partial charge in [0.1, 0.15) is 6.07 Å². The molecule has 0 radical (unpaired) electrons. The van der Waals surface area contributed by atoms with Crippen molar-refractivity contribution in [2.45, 2.75) is 25.4 Å². The van der Waals surface area contributed by atoms with Gasteiger partial charge >= 0.3 is 6.03 Å². The highest BCUT2D eigenvalue weighted by Crippen LogP contribution is 2.16. The van der Waals surface area contributed by atoms with E-state index in [0.717, 1.165) is 32.5 Å². The van der Waals surface area contributed by atoms with Crippen molar-refractivity contribution in [2.75, 3.05) is 18.4 Å². The minimum Gasteiger partial charge on any atom is -0.335 e. The summed E-state index contributed by atoms with van der Waals surface area (Å²) >= 11 is 0. The lowest BCUT2D eigenvalue weighted by Crippen LogP contribution is -2.45. The topological polar surface area (TPSA) is 68.2 Å². The lowest BCUT2D eigenvalue weighted by molar-refractivity contribution is 0.190. The number of rotatable bonds is 4. The molecule has 0 atom stereocenters. The van der Waals surface area contributed by atoms with E-state index in [-0.39, 0.29) is 12.1 Å². The zero-order valence-electron chi connectivity index (χ0n) is 14.1. The summed E-state index contributed by atoms with van der Waals surface area (Å²) < 4.78 is 0. The first kappa shape index (κ1) is 17.0. The Hall–Kier alpha value is -2.84. The van der Waals surface area contributed by atoms with Crippen LogP contribution in [0.4, 0.5) is 10.5 Å². The molecule has 0 saturated carbocycles. The average Bonchev–Trinajstić information content (AvgIpc) is 2.64. The number of urea groups is 1. The molecule has 0 aliphatic carbocycles. The summed E-state index contributed by atoms with van der Waals surface area (Å²) in [5.41, 5.74) is 2.33. The van der Waals surface area contributed by atoms with E-state index in [2.05, 4.69) is 45.9 Å². The first-order valence-corrected chi connectivity index (χ1v) is 8.57. The standard InChI is InChI=1S/C20H22N4O/c21-14-17-8-4-5-9-19(17)23-20(25)22-18-10-12-24(13-11-18)15-16-6-2-1-3-7-16/h1-9,18H,10-13,15H2,(H2,22,23,25). The summed E-state index contributed by atoms with van der Waals surface area (Å²) in [6, 6.07) is 19.5. The van der Waals surface area contributed by atoms with Crippen LogP contribution in [-0.4, -0.2) is 30.1 Å². The maximum Gasteiger partial charge on any atom is 0.319 e. The Kier molecular flexibility index (Phi) is 5.65. The van der Waals surface area contributed by atoms with E-state index in [1.54, 1.807) is 24.3 Å². The second-order valence-electron chi connectivity index (χ2n) is 6.29. The lowest BCUT2D eigenvalue weighted by atomic mass is 10.0. The van der Waals surface area contributed by atoms with Crippen LogP contribution in [0.1, 0.15) is 24.0 Å². The van der Waals surface area contributed by atoms with Crippen LogP contribution in [0.2, 0.25) is 0 Å². The maximum absolute atomic E-state index is 12.2. The highest BCUT2D eigenvalue weighted by atomic mass is 16.2. The van der Waals surface area contributed by atoms with E-state index >= 15 is 0 Å². The summed E-state index contributed by atoms with van der Waals surface area (Å²) in [6.07, 6.45) is 1.86. The van der Waals surface area contributed by atoms with Crippen LogP contribution in [0.3, 0.4) is 0 Å². The van der Waals surface area contributed by atoms with Gasteiger partial charge in [0.05, 0.1) is 11.3 Å². The predicted octanol–water partition coefficient (Wildman–Crippen LogP) is 3.34. The fraction of sp³-hybridized carbons (Fsp3) is 0.300. The van der Waals surface area contributed by atoms with Crippen LogP contribution >= 0.6 is 0 Å². The van der Waals surface area contributed by atoms with Crippen molar-refractivity contribution in [1.82, 2.24) is 10.2 Å². The maximum atomic E-state index is 12.2. The zero-order chi connectivity index (χ0) is 17.5. The number of carbonyl (C=O) groups excluding carboxylic acids is 1. The van der Waals surface area contributed by atoms with Gasteiger partial charge in [0.2, 0.25) is 0 Å². The fourth-order valence-electron chi connectivity index (χ4n) is 3.11. The normalized spacial score (nSPS) is 15.3. The molecule has 0 spiro atoms. The molecule has 1 aliphatic rings. The molecule has 1 saturated heterocycles. The molecule has 128 valence electrons. The summed E-state index contributed by atoms with van der Waals surface area (Å²) in [7, 11) is 0. The van der Waals surface area contributed by atoms with Crippen LogP contribution in [-0.2, 0) is 6.54 Å². The SMILES string of the molecule is N#Cc1ccccc1NC(=O)NC1CCN(Cc2ccccc2)CC1. The molecule has 0 unspecified atom stereocenters. The molecule has 25 heavy (non-hydrogen) atoms. The molecule has 2 N–H and O–H groups in total. The van der Waals surface area contributed by atoms with Crippen LogP contribution < -0.4 is 10.6 Å². The molecule has 5 nitrogen and oxygen atoms in total. The Bertz CT molecular complexity index is 746. The van der Waals surface area contributed by atoms with Crippen LogP contribution in [0.25, 0.3) is 0 Å². The third kappa shape index (κ3) is 4.82. The predicted molar refractivity (Wildman–Crippen MR) is 98.1 cm³/mol. The van der Waals surface area contributed by atoms with Crippen molar-refractivity contribution in [1.29, 1.82) is 5.26 Å². The molecule has 2 aromatic carbocycles. The monoisotopic (exact) mass is 334 g/mol. The van der Waals surface area contributed by atoms with Crippen molar-refractivity contribution in [3.05, 3.63) is 65.7 Å². The van der Waals surface area contributed by atoms with Gasteiger partial charge in [-0.2, -0.15) is 5.26 Å². The molecular weight excluding hydrogens is 312 g/mol. The number of amides is 2. The van der Waals surface area contributed by atoms with Gasteiger partial charge in [-0.3, -0.25) is 4.90 Å². The molecule has 2 aromatic rings. The molecule has 0 bridgehead atoms. The van der Waals surface area contributed by atoms with Crippen LogP contribution in [0, 0.1) is 11.3 Å². The Morgan fingerprint density at radius 1 is 1.08 bits per heavy atom. The second-order valence-corrected chi connectivity index (χ2v) is 6.29. The van der Waals surface area contributed by atoms with Crippen LogP contribution in [0.5, 0.6) is 0 Å². The van der Waals surface area contributed by atoms with E-state index < -0.39 is 0 Å². The minimum atomic E-state index is -0.246. The Labute approximate surface area is 148 Å². The van der Waals surface area contributed by atoms with Crippen molar-refractivity contribution >= 4 is 11.7 Å². The zero-order valence-corrected chi connectivity index (χ0v) is 14.1. The first-order valence-electron chi connectivity index (χ1n) is 8.57. The first-order chi connectivity index (χ1) is 12.2. The van der Waals surface area contributed by atoms with E-state index in [0.29, 0.717) is 11.3 Å². The largest absolute Gasteiger partial charge is 0.335 e. The number of hydrogen-bond donors (Lipinski definition) is 2. The molecule has 1 heterocycles. The summed E-state index contributed by atoms with van der Waals surface area (Å²) in [5, 5.41) is 14.9. The van der Waals surface area contributed by atoms with Crippen molar-refractivity contribution < 1.29 is 4.79 Å². The quantitative estimate of drug-likeness (QED) is 0.901. The number of nitriles is 1. The van der Waals surface area contributed by atoms with Crippen molar-refractivity contribution in [2.24, 2.45) is 0 Å². The molecule has 5 heteroatoms.